The largest absolute Gasteiger partial charge is 0.343 e. The Morgan fingerprint density at radius 1 is 1.06 bits per heavy atom. The maximum atomic E-state index is 13.4. The van der Waals surface area contributed by atoms with Crippen LogP contribution in [0.2, 0.25) is 0 Å². The summed E-state index contributed by atoms with van der Waals surface area (Å²) in [6.07, 6.45) is 2.61. The highest BCUT2D eigenvalue weighted by Gasteiger charge is 2.46. The zero-order chi connectivity index (χ0) is 24.3. The third-order valence-corrected chi connectivity index (χ3v) is 7.29. The Balaban J connectivity index is 1.42. The molecule has 2 aromatic carbocycles. The van der Waals surface area contributed by atoms with Crippen molar-refractivity contribution in [1.82, 2.24) is 10.2 Å². The van der Waals surface area contributed by atoms with E-state index < -0.39 is 11.5 Å². The van der Waals surface area contributed by atoms with E-state index in [4.69, 9.17) is 11.6 Å². The van der Waals surface area contributed by atoms with Crippen molar-refractivity contribution >= 4 is 35.0 Å². The van der Waals surface area contributed by atoms with Gasteiger partial charge in [-0.1, -0.05) is 48.5 Å². The van der Waals surface area contributed by atoms with Crippen molar-refractivity contribution in [3.8, 4) is 0 Å². The number of carbonyl (C=O) groups is 3. The standard InChI is InChI=1S/C27H32ClN3O3/c1-27(2)21-10-6-7-11-23(21)31(26(27)34)20-14-16-30(17-15-20)25(33)22(29-24(32)18-28)13-12-19-8-4-3-5-9-19/h3-11,20,22H,12-18H2,1-2H3,(H,29,32)/t22-/m0/s1. The van der Waals surface area contributed by atoms with E-state index >= 15 is 0 Å². The van der Waals surface area contributed by atoms with Crippen LogP contribution in [0, 0.1) is 0 Å². The molecule has 0 aliphatic carbocycles. The molecule has 1 fully saturated rings. The van der Waals surface area contributed by atoms with Gasteiger partial charge in [-0.2, -0.15) is 0 Å². The Bertz CT molecular complexity index is 1050. The van der Waals surface area contributed by atoms with Crippen molar-refractivity contribution in [3.05, 3.63) is 65.7 Å². The van der Waals surface area contributed by atoms with Gasteiger partial charge < -0.3 is 15.1 Å². The van der Waals surface area contributed by atoms with E-state index in [1.165, 1.54) is 0 Å². The highest BCUT2D eigenvalue weighted by molar-refractivity contribution is 6.27. The molecule has 2 aliphatic heterocycles. The molecule has 0 saturated carbocycles. The number of halogens is 1. The smallest absolute Gasteiger partial charge is 0.245 e. The molecule has 1 N–H and O–H groups in total. The number of aryl methyl sites for hydroxylation is 1. The Morgan fingerprint density at radius 3 is 2.38 bits per heavy atom. The number of fused-ring (bicyclic) bond motifs is 1. The molecule has 7 heteroatoms. The van der Waals surface area contributed by atoms with Crippen LogP contribution in [0.15, 0.2) is 54.6 Å². The highest BCUT2D eigenvalue weighted by atomic mass is 35.5. The number of rotatable bonds is 7. The lowest BCUT2D eigenvalue weighted by atomic mass is 9.86. The second-order valence-corrected chi connectivity index (χ2v) is 9.92. The summed E-state index contributed by atoms with van der Waals surface area (Å²) in [7, 11) is 0. The second-order valence-electron chi connectivity index (χ2n) is 9.65. The quantitative estimate of drug-likeness (QED) is 0.613. The fourth-order valence-corrected chi connectivity index (χ4v) is 5.19. The Morgan fingerprint density at radius 2 is 1.71 bits per heavy atom. The number of para-hydroxylation sites is 1. The van der Waals surface area contributed by atoms with Gasteiger partial charge in [0.15, 0.2) is 0 Å². The minimum absolute atomic E-state index is 0.0553. The molecule has 2 heterocycles. The SMILES string of the molecule is CC1(C)C(=O)N(C2CCN(C(=O)[C@H](CCc3ccccc3)NC(=O)CCl)CC2)c2ccccc21. The third-order valence-electron chi connectivity index (χ3n) is 7.05. The molecule has 6 nitrogen and oxygen atoms in total. The van der Waals surface area contributed by atoms with E-state index in [-0.39, 0.29) is 29.6 Å². The molecule has 180 valence electrons. The average molecular weight is 482 g/mol. The van der Waals surface area contributed by atoms with Crippen LogP contribution in [0.25, 0.3) is 0 Å². The van der Waals surface area contributed by atoms with Gasteiger partial charge in [0.25, 0.3) is 0 Å². The fraction of sp³-hybridized carbons (Fsp3) is 0.444. The van der Waals surface area contributed by atoms with Crippen molar-refractivity contribution in [3.63, 3.8) is 0 Å². The monoisotopic (exact) mass is 481 g/mol. The van der Waals surface area contributed by atoms with Gasteiger partial charge in [-0.05, 0) is 56.7 Å². The number of alkyl halides is 1. The van der Waals surface area contributed by atoms with Gasteiger partial charge >= 0.3 is 0 Å². The summed E-state index contributed by atoms with van der Waals surface area (Å²) in [4.78, 5) is 42.4. The number of amides is 3. The molecule has 0 spiro atoms. The minimum atomic E-state index is -0.615. The van der Waals surface area contributed by atoms with Crippen LogP contribution < -0.4 is 10.2 Å². The number of piperidine rings is 1. The predicted molar refractivity (Wildman–Crippen MR) is 134 cm³/mol. The number of hydrogen-bond donors (Lipinski definition) is 1. The van der Waals surface area contributed by atoms with Gasteiger partial charge in [0, 0.05) is 24.8 Å². The van der Waals surface area contributed by atoms with Crippen LogP contribution in [-0.4, -0.2) is 53.7 Å². The van der Waals surface area contributed by atoms with Crippen LogP contribution >= 0.6 is 11.6 Å². The molecule has 34 heavy (non-hydrogen) atoms. The van der Waals surface area contributed by atoms with Gasteiger partial charge in [0.2, 0.25) is 17.7 Å². The molecule has 1 atom stereocenters. The highest BCUT2D eigenvalue weighted by Crippen LogP contribution is 2.43. The first kappa shape index (κ1) is 24.3. The lowest BCUT2D eigenvalue weighted by molar-refractivity contribution is -0.137. The molecule has 0 bridgehead atoms. The minimum Gasteiger partial charge on any atom is -0.343 e. The number of carbonyl (C=O) groups excluding carboxylic acids is 3. The zero-order valence-electron chi connectivity index (χ0n) is 19.8. The molecular formula is C27H32ClN3O3. The topological polar surface area (TPSA) is 69.7 Å². The number of hydrogen-bond acceptors (Lipinski definition) is 3. The summed E-state index contributed by atoms with van der Waals surface area (Å²) < 4.78 is 0. The maximum Gasteiger partial charge on any atom is 0.245 e. The Hall–Kier alpha value is -2.86. The van der Waals surface area contributed by atoms with E-state index in [1.807, 2.05) is 78.2 Å². The lowest BCUT2D eigenvalue weighted by Crippen LogP contribution is -2.54. The second kappa shape index (κ2) is 10.2. The van der Waals surface area contributed by atoms with Gasteiger partial charge in [-0.3, -0.25) is 14.4 Å². The van der Waals surface area contributed by atoms with Crippen LogP contribution in [0.5, 0.6) is 0 Å². The summed E-state index contributed by atoms with van der Waals surface area (Å²) in [6.45, 7) is 5.05. The lowest BCUT2D eigenvalue weighted by Gasteiger charge is -2.38. The average Bonchev–Trinajstić information content (AvgIpc) is 3.07. The van der Waals surface area contributed by atoms with Gasteiger partial charge in [-0.25, -0.2) is 0 Å². The van der Waals surface area contributed by atoms with Crippen molar-refractivity contribution in [2.75, 3.05) is 23.9 Å². The van der Waals surface area contributed by atoms with Gasteiger partial charge in [0.05, 0.1) is 5.41 Å². The molecule has 2 aliphatic rings. The molecule has 4 rings (SSSR count). The summed E-state index contributed by atoms with van der Waals surface area (Å²) in [5, 5.41) is 2.80. The fourth-order valence-electron chi connectivity index (χ4n) is 5.11. The Kier molecular flexibility index (Phi) is 7.27. The summed E-state index contributed by atoms with van der Waals surface area (Å²) >= 11 is 5.70. The van der Waals surface area contributed by atoms with Crippen molar-refractivity contribution in [2.24, 2.45) is 0 Å². The molecule has 0 radical (unpaired) electrons. The van der Waals surface area contributed by atoms with E-state index in [9.17, 15) is 14.4 Å². The molecule has 0 aromatic heterocycles. The summed E-state index contributed by atoms with van der Waals surface area (Å²) in [5.41, 5.74) is 2.62. The maximum absolute atomic E-state index is 13.4. The van der Waals surface area contributed by atoms with Crippen molar-refractivity contribution in [2.45, 2.75) is 57.0 Å². The number of nitrogens with zero attached hydrogens (tertiary/aromatic N) is 2. The van der Waals surface area contributed by atoms with E-state index in [0.717, 1.165) is 16.8 Å². The van der Waals surface area contributed by atoms with Gasteiger partial charge in [0.1, 0.15) is 11.9 Å². The van der Waals surface area contributed by atoms with Crippen LogP contribution in [0.4, 0.5) is 5.69 Å². The van der Waals surface area contributed by atoms with Gasteiger partial charge in [-0.15, -0.1) is 11.6 Å². The molecule has 3 amide bonds. The number of anilines is 1. The van der Waals surface area contributed by atoms with Crippen LogP contribution in [-0.2, 0) is 26.2 Å². The first-order valence-electron chi connectivity index (χ1n) is 11.9. The first-order valence-corrected chi connectivity index (χ1v) is 12.5. The molecule has 2 aromatic rings. The third kappa shape index (κ3) is 4.83. The summed E-state index contributed by atoms with van der Waals surface area (Å²) in [5.74, 6) is -0.483. The number of likely N-dealkylation sites (tertiary alicyclic amines) is 1. The normalized spacial score (nSPS) is 18.5. The van der Waals surface area contributed by atoms with Crippen LogP contribution in [0.3, 0.4) is 0 Å². The van der Waals surface area contributed by atoms with E-state index in [0.29, 0.717) is 38.8 Å². The molecule has 0 unspecified atom stereocenters. The molecule has 1 saturated heterocycles. The van der Waals surface area contributed by atoms with Crippen molar-refractivity contribution in [1.29, 1.82) is 0 Å². The zero-order valence-corrected chi connectivity index (χ0v) is 20.6. The van der Waals surface area contributed by atoms with Crippen molar-refractivity contribution < 1.29 is 14.4 Å². The number of benzene rings is 2. The van der Waals surface area contributed by atoms with Crippen LogP contribution in [0.1, 0.15) is 44.2 Å². The summed E-state index contributed by atoms with van der Waals surface area (Å²) in [6, 6.07) is 17.3. The molecular weight excluding hydrogens is 450 g/mol. The Labute approximate surface area is 206 Å². The number of nitrogens with one attached hydrogen (secondary N) is 1. The predicted octanol–water partition coefficient (Wildman–Crippen LogP) is 3.66. The van der Waals surface area contributed by atoms with E-state index in [1.54, 1.807) is 0 Å². The first-order chi connectivity index (χ1) is 16.3. The van der Waals surface area contributed by atoms with E-state index in [2.05, 4.69) is 5.32 Å².